The van der Waals surface area contributed by atoms with E-state index in [9.17, 15) is 0 Å². The van der Waals surface area contributed by atoms with E-state index in [0.717, 1.165) is 32.0 Å². The van der Waals surface area contributed by atoms with E-state index in [1.165, 1.54) is 37.7 Å². The van der Waals surface area contributed by atoms with Crippen molar-refractivity contribution in [3.8, 4) is 0 Å². The van der Waals surface area contributed by atoms with Crippen molar-refractivity contribution in [2.75, 3.05) is 33.2 Å². The van der Waals surface area contributed by atoms with Gasteiger partial charge < -0.3 is 4.90 Å². The Hall–Kier alpha value is -1.79. The molecule has 6 heteroatoms. The van der Waals surface area contributed by atoms with Gasteiger partial charge in [-0.3, -0.25) is 4.90 Å². The van der Waals surface area contributed by atoms with Crippen LogP contribution in [0.2, 0.25) is 0 Å². The molecule has 1 atom stereocenters. The van der Waals surface area contributed by atoms with Gasteiger partial charge in [0.2, 0.25) is 0 Å². The quantitative estimate of drug-likeness (QED) is 0.856. The molecule has 0 bridgehead atoms. The normalized spacial score (nSPS) is 22.1. The van der Waals surface area contributed by atoms with Gasteiger partial charge in [0.15, 0.2) is 5.82 Å². The fourth-order valence-electron chi connectivity index (χ4n) is 4.20. The van der Waals surface area contributed by atoms with Crippen molar-refractivity contribution in [1.82, 2.24) is 30.0 Å². The second-order valence-corrected chi connectivity index (χ2v) is 7.43. The Balaban J connectivity index is 1.68. The zero-order chi connectivity index (χ0) is 17.1. The fourth-order valence-corrected chi connectivity index (χ4v) is 4.20. The molecule has 0 radical (unpaired) electrons. The number of tetrazole rings is 1. The zero-order valence-electron chi connectivity index (χ0n) is 15.1. The van der Waals surface area contributed by atoms with Crippen LogP contribution in [0.25, 0.3) is 0 Å². The Morgan fingerprint density at radius 2 is 1.68 bits per heavy atom. The van der Waals surface area contributed by atoms with Crippen LogP contribution in [0.5, 0.6) is 0 Å². The fraction of sp³-hybridized carbons (Fsp3) is 0.632. The third-order valence-electron chi connectivity index (χ3n) is 5.70. The summed E-state index contributed by atoms with van der Waals surface area (Å²) in [6.45, 7) is 4.28. The highest BCUT2D eigenvalue weighted by Crippen LogP contribution is 2.33. The monoisotopic (exact) mass is 340 g/mol. The van der Waals surface area contributed by atoms with Crippen molar-refractivity contribution in [2.24, 2.45) is 0 Å². The van der Waals surface area contributed by atoms with Gasteiger partial charge in [-0.1, -0.05) is 49.6 Å². The maximum atomic E-state index is 4.51. The minimum Gasteiger partial charge on any atom is -0.304 e. The first-order chi connectivity index (χ1) is 12.3. The lowest BCUT2D eigenvalue weighted by molar-refractivity contribution is 0.119. The molecule has 1 saturated heterocycles. The van der Waals surface area contributed by atoms with Gasteiger partial charge in [0.05, 0.1) is 12.1 Å². The maximum Gasteiger partial charge on any atom is 0.173 e. The Bertz CT molecular complexity index is 656. The van der Waals surface area contributed by atoms with Crippen LogP contribution in [0.1, 0.15) is 55.6 Å². The molecule has 25 heavy (non-hydrogen) atoms. The SMILES string of the molecule is CN1CCN([C@H](c2ccccc2)c2nnnn2C2CCCCC2)CC1. The van der Waals surface area contributed by atoms with E-state index in [1.54, 1.807) is 0 Å². The summed E-state index contributed by atoms with van der Waals surface area (Å²) in [5.74, 6) is 1.02. The van der Waals surface area contributed by atoms with E-state index >= 15 is 0 Å². The highest BCUT2D eigenvalue weighted by molar-refractivity contribution is 5.25. The Kier molecular flexibility index (Phi) is 5.08. The van der Waals surface area contributed by atoms with Crippen molar-refractivity contribution in [3.63, 3.8) is 0 Å². The van der Waals surface area contributed by atoms with Crippen molar-refractivity contribution >= 4 is 0 Å². The van der Waals surface area contributed by atoms with E-state index < -0.39 is 0 Å². The summed E-state index contributed by atoms with van der Waals surface area (Å²) >= 11 is 0. The van der Waals surface area contributed by atoms with E-state index in [4.69, 9.17) is 0 Å². The molecule has 0 amide bonds. The van der Waals surface area contributed by atoms with E-state index in [2.05, 4.69) is 67.4 Å². The number of aromatic nitrogens is 4. The minimum absolute atomic E-state index is 0.145. The molecular weight excluding hydrogens is 312 g/mol. The maximum absolute atomic E-state index is 4.51. The van der Waals surface area contributed by atoms with Gasteiger partial charge in [0.25, 0.3) is 0 Å². The summed E-state index contributed by atoms with van der Waals surface area (Å²) in [5, 5.41) is 13.0. The number of rotatable bonds is 4. The van der Waals surface area contributed by atoms with Gasteiger partial charge in [0.1, 0.15) is 0 Å². The van der Waals surface area contributed by atoms with Gasteiger partial charge in [-0.05, 0) is 35.9 Å². The molecule has 1 aromatic carbocycles. The molecule has 4 rings (SSSR count). The van der Waals surface area contributed by atoms with Crippen LogP contribution < -0.4 is 0 Å². The minimum atomic E-state index is 0.145. The predicted octanol–water partition coefficient (Wildman–Crippen LogP) is 2.52. The first-order valence-electron chi connectivity index (χ1n) is 9.58. The third-order valence-corrected chi connectivity index (χ3v) is 5.70. The summed E-state index contributed by atoms with van der Waals surface area (Å²) in [6.07, 6.45) is 6.31. The second kappa shape index (κ2) is 7.62. The predicted molar refractivity (Wildman–Crippen MR) is 97.3 cm³/mol. The number of nitrogens with zero attached hydrogens (tertiary/aromatic N) is 6. The van der Waals surface area contributed by atoms with Crippen molar-refractivity contribution < 1.29 is 0 Å². The summed E-state index contributed by atoms with van der Waals surface area (Å²) in [4.78, 5) is 4.93. The van der Waals surface area contributed by atoms with Crippen LogP contribution in [-0.4, -0.2) is 63.2 Å². The lowest BCUT2D eigenvalue weighted by Gasteiger charge is -2.38. The van der Waals surface area contributed by atoms with Crippen molar-refractivity contribution in [1.29, 1.82) is 0 Å². The van der Waals surface area contributed by atoms with E-state index in [0.29, 0.717) is 6.04 Å². The summed E-state index contributed by atoms with van der Waals surface area (Å²) in [6, 6.07) is 11.3. The Morgan fingerprint density at radius 1 is 0.960 bits per heavy atom. The lowest BCUT2D eigenvalue weighted by Crippen LogP contribution is -2.46. The van der Waals surface area contributed by atoms with Crippen molar-refractivity contribution in [2.45, 2.75) is 44.2 Å². The molecule has 1 saturated carbocycles. The summed E-state index contributed by atoms with van der Waals surface area (Å²) in [7, 11) is 2.20. The molecule has 1 aliphatic carbocycles. The van der Waals surface area contributed by atoms with Crippen molar-refractivity contribution in [3.05, 3.63) is 41.7 Å². The lowest BCUT2D eigenvalue weighted by atomic mass is 9.95. The topological polar surface area (TPSA) is 50.1 Å². The summed E-state index contributed by atoms with van der Waals surface area (Å²) in [5.41, 5.74) is 1.29. The van der Waals surface area contributed by atoms with Gasteiger partial charge in [-0.2, -0.15) is 0 Å². The van der Waals surface area contributed by atoms with Crippen LogP contribution in [0, 0.1) is 0 Å². The molecule has 1 aliphatic heterocycles. The molecule has 6 nitrogen and oxygen atoms in total. The highest BCUT2D eigenvalue weighted by Gasteiger charge is 2.31. The number of hydrogen-bond acceptors (Lipinski definition) is 5. The average molecular weight is 340 g/mol. The second-order valence-electron chi connectivity index (χ2n) is 7.43. The number of piperazine rings is 1. The largest absolute Gasteiger partial charge is 0.304 e. The van der Waals surface area contributed by atoms with E-state index in [1.807, 2.05) is 0 Å². The van der Waals surface area contributed by atoms with Crippen LogP contribution >= 0.6 is 0 Å². The molecule has 2 fully saturated rings. The molecule has 1 aromatic heterocycles. The molecule has 0 spiro atoms. The van der Waals surface area contributed by atoms with Gasteiger partial charge in [-0.25, -0.2) is 4.68 Å². The third kappa shape index (κ3) is 3.60. The molecular formula is C19H28N6. The van der Waals surface area contributed by atoms with Gasteiger partial charge in [0, 0.05) is 26.2 Å². The number of likely N-dealkylation sites (N-methyl/N-ethyl adjacent to an activating group) is 1. The smallest absolute Gasteiger partial charge is 0.173 e. The van der Waals surface area contributed by atoms with Gasteiger partial charge in [-0.15, -0.1) is 5.10 Å². The van der Waals surface area contributed by atoms with E-state index in [-0.39, 0.29) is 6.04 Å². The average Bonchev–Trinajstić information content (AvgIpc) is 3.14. The molecule has 2 heterocycles. The Morgan fingerprint density at radius 3 is 2.40 bits per heavy atom. The summed E-state index contributed by atoms with van der Waals surface area (Å²) < 4.78 is 2.13. The van der Waals surface area contributed by atoms with Crippen LogP contribution in [0.15, 0.2) is 30.3 Å². The molecule has 134 valence electrons. The number of benzene rings is 1. The standard InChI is InChI=1S/C19H28N6/c1-23-12-14-24(15-13-23)18(16-8-4-2-5-9-16)19-20-21-22-25(19)17-10-6-3-7-11-17/h2,4-5,8-9,17-18H,3,6-7,10-15H2,1H3/t18-/m1/s1. The molecule has 0 unspecified atom stereocenters. The van der Waals surface area contributed by atoms with Crippen LogP contribution in [0.3, 0.4) is 0 Å². The first kappa shape index (κ1) is 16.7. The number of hydrogen-bond donors (Lipinski definition) is 0. The molecule has 2 aliphatic rings. The van der Waals surface area contributed by atoms with Crippen LogP contribution in [-0.2, 0) is 0 Å². The Labute approximate surface area is 149 Å². The highest BCUT2D eigenvalue weighted by atomic mass is 15.6. The van der Waals surface area contributed by atoms with Crippen LogP contribution in [0.4, 0.5) is 0 Å². The zero-order valence-corrected chi connectivity index (χ0v) is 15.1. The molecule has 2 aromatic rings. The molecule has 0 N–H and O–H groups in total. The van der Waals surface area contributed by atoms with Gasteiger partial charge >= 0.3 is 0 Å². The first-order valence-corrected chi connectivity index (χ1v) is 9.58.